The largest absolute Gasteiger partial charge is 0.493 e. The number of ketones is 1. The Morgan fingerprint density at radius 2 is 1.57 bits per heavy atom. The first-order valence-corrected chi connectivity index (χ1v) is 11.0. The fourth-order valence-corrected chi connectivity index (χ4v) is 3.92. The number of nitrogens with one attached hydrogen (secondary N) is 1. The normalized spacial score (nSPS) is 10.7. The van der Waals surface area contributed by atoms with Gasteiger partial charge in [-0.2, -0.15) is 0 Å². The molecular weight excluding hydrogens is 444 g/mol. The molecule has 0 aliphatic rings. The monoisotopic (exact) mass is 470 g/mol. The third-order valence-corrected chi connectivity index (χ3v) is 5.70. The molecule has 0 spiro atoms. The van der Waals surface area contributed by atoms with Gasteiger partial charge in [-0.25, -0.2) is 4.98 Å². The van der Waals surface area contributed by atoms with Crippen molar-refractivity contribution in [3.8, 4) is 28.5 Å². The van der Waals surface area contributed by atoms with Crippen molar-refractivity contribution in [2.24, 2.45) is 0 Å². The van der Waals surface area contributed by atoms with E-state index in [2.05, 4.69) is 5.32 Å². The zero-order valence-electron chi connectivity index (χ0n) is 20.3. The molecule has 0 aliphatic heterocycles. The van der Waals surface area contributed by atoms with E-state index in [1.54, 1.807) is 63.8 Å². The van der Waals surface area contributed by atoms with Crippen molar-refractivity contribution in [3.63, 3.8) is 0 Å². The van der Waals surface area contributed by atoms with Gasteiger partial charge in [-0.1, -0.05) is 23.8 Å². The number of amides is 1. The van der Waals surface area contributed by atoms with Crippen LogP contribution in [0.25, 0.3) is 22.2 Å². The third kappa shape index (κ3) is 4.80. The summed E-state index contributed by atoms with van der Waals surface area (Å²) in [7, 11) is 4.64. The van der Waals surface area contributed by atoms with Gasteiger partial charge in [0.2, 0.25) is 5.75 Å². The quantitative estimate of drug-likeness (QED) is 0.349. The van der Waals surface area contributed by atoms with Gasteiger partial charge in [0.15, 0.2) is 17.3 Å². The zero-order chi connectivity index (χ0) is 25.1. The summed E-state index contributed by atoms with van der Waals surface area (Å²) in [5.74, 6) is 1.06. The number of rotatable bonds is 7. The topological polar surface area (TPSA) is 86.8 Å². The molecule has 0 bridgehead atoms. The molecule has 1 aromatic heterocycles. The summed E-state index contributed by atoms with van der Waals surface area (Å²) in [4.78, 5) is 30.0. The molecule has 7 nitrogen and oxygen atoms in total. The number of aromatic nitrogens is 1. The van der Waals surface area contributed by atoms with Crippen molar-refractivity contribution in [1.82, 2.24) is 4.98 Å². The van der Waals surface area contributed by atoms with E-state index >= 15 is 0 Å². The molecule has 1 heterocycles. The molecule has 178 valence electrons. The number of anilines is 1. The predicted molar refractivity (Wildman–Crippen MR) is 136 cm³/mol. The fraction of sp³-hybridized carbons (Fsp3) is 0.179. The van der Waals surface area contributed by atoms with Gasteiger partial charge in [-0.15, -0.1) is 0 Å². The van der Waals surface area contributed by atoms with Gasteiger partial charge in [-0.3, -0.25) is 9.59 Å². The van der Waals surface area contributed by atoms with Crippen LogP contribution >= 0.6 is 0 Å². The van der Waals surface area contributed by atoms with Crippen molar-refractivity contribution in [3.05, 3.63) is 77.4 Å². The highest BCUT2D eigenvalue weighted by molar-refractivity contribution is 6.13. The van der Waals surface area contributed by atoms with E-state index in [4.69, 9.17) is 19.2 Å². The van der Waals surface area contributed by atoms with Crippen LogP contribution in [0.2, 0.25) is 0 Å². The van der Waals surface area contributed by atoms with Crippen LogP contribution in [-0.2, 0) is 0 Å². The Labute approximate surface area is 203 Å². The van der Waals surface area contributed by atoms with Crippen LogP contribution in [0.15, 0.2) is 60.7 Å². The summed E-state index contributed by atoms with van der Waals surface area (Å²) in [6, 6.07) is 18.0. The summed E-state index contributed by atoms with van der Waals surface area (Å²) in [5, 5.41) is 3.64. The smallest absolute Gasteiger partial charge is 0.256 e. The molecule has 0 radical (unpaired) electrons. The molecule has 35 heavy (non-hydrogen) atoms. The lowest BCUT2D eigenvalue weighted by Crippen LogP contribution is -2.13. The van der Waals surface area contributed by atoms with Gasteiger partial charge in [0.05, 0.1) is 38.1 Å². The second-order valence-electron chi connectivity index (χ2n) is 8.08. The maximum Gasteiger partial charge on any atom is 0.256 e. The molecule has 1 amide bonds. The van der Waals surface area contributed by atoms with Crippen LogP contribution in [0, 0.1) is 6.92 Å². The van der Waals surface area contributed by atoms with E-state index in [1.165, 1.54) is 6.92 Å². The average Bonchev–Trinajstić information content (AvgIpc) is 2.87. The molecule has 0 fully saturated rings. The number of carbonyl (C=O) groups is 2. The number of carbonyl (C=O) groups excluding carboxylic acids is 2. The second kappa shape index (κ2) is 9.85. The molecule has 1 N–H and O–H groups in total. The number of hydrogen-bond acceptors (Lipinski definition) is 6. The standard InChI is InChI=1S/C28H26N2O5/c1-16-9-10-23-21(11-16)22(28(32)29-20-8-6-7-18(12-20)17(2)31)15-24(30-23)19-13-25(33-3)27(35-5)26(14-19)34-4/h6-15H,1-5H3,(H,29,32). The number of hydrogen-bond donors (Lipinski definition) is 1. The van der Waals surface area contributed by atoms with E-state index in [0.717, 1.165) is 10.9 Å². The highest BCUT2D eigenvalue weighted by atomic mass is 16.5. The number of aryl methyl sites for hydroxylation is 1. The van der Waals surface area contributed by atoms with Crippen LogP contribution < -0.4 is 19.5 Å². The molecule has 3 aromatic carbocycles. The van der Waals surface area contributed by atoms with Crippen molar-refractivity contribution >= 4 is 28.3 Å². The van der Waals surface area contributed by atoms with Crippen molar-refractivity contribution < 1.29 is 23.8 Å². The lowest BCUT2D eigenvalue weighted by Gasteiger charge is -2.15. The third-order valence-electron chi connectivity index (χ3n) is 5.70. The van der Waals surface area contributed by atoms with E-state index in [9.17, 15) is 9.59 Å². The van der Waals surface area contributed by atoms with Crippen LogP contribution in [0.5, 0.6) is 17.2 Å². The molecule has 4 rings (SSSR count). The summed E-state index contributed by atoms with van der Waals surface area (Å²) >= 11 is 0. The van der Waals surface area contributed by atoms with Crippen LogP contribution in [0.3, 0.4) is 0 Å². The van der Waals surface area contributed by atoms with Gasteiger partial charge in [0.25, 0.3) is 5.91 Å². The molecule has 4 aromatic rings. The van der Waals surface area contributed by atoms with Crippen LogP contribution in [0.1, 0.15) is 33.2 Å². The number of pyridine rings is 1. The maximum atomic E-state index is 13.5. The number of nitrogens with zero attached hydrogens (tertiary/aromatic N) is 1. The lowest BCUT2D eigenvalue weighted by atomic mass is 10.0. The second-order valence-corrected chi connectivity index (χ2v) is 8.08. The Hall–Kier alpha value is -4.39. The maximum absolute atomic E-state index is 13.5. The highest BCUT2D eigenvalue weighted by Gasteiger charge is 2.19. The fourth-order valence-electron chi connectivity index (χ4n) is 3.92. The first-order valence-electron chi connectivity index (χ1n) is 11.0. The Morgan fingerprint density at radius 3 is 2.20 bits per heavy atom. The SMILES string of the molecule is COc1cc(-c2cc(C(=O)Nc3cccc(C(C)=O)c3)c3cc(C)ccc3n2)cc(OC)c1OC. The van der Waals surface area contributed by atoms with Crippen LogP contribution in [0.4, 0.5) is 5.69 Å². The number of Topliss-reactive ketones (excluding diaryl/α,β-unsaturated/α-hetero) is 1. The molecule has 0 saturated carbocycles. The lowest BCUT2D eigenvalue weighted by molar-refractivity contribution is 0.101. The Balaban J connectivity index is 1.86. The minimum Gasteiger partial charge on any atom is -0.493 e. The van der Waals surface area contributed by atoms with Gasteiger partial charge in [-0.05, 0) is 56.3 Å². The van der Waals surface area contributed by atoms with Crippen LogP contribution in [-0.4, -0.2) is 38.0 Å². The minimum absolute atomic E-state index is 0.0734. The summed E-state index contributed by atoms with van der Waals surface area (Å²) in [6.07, 6.45) is 0. The minimum atomic E-state index is -0.308. The summed E-state index contributed by atoms with van der Waals surface area (Å²) in [6.45, 7) is 3.45. The highest BCUT2D eigenvalue weighted by Crippen LogP contribution is 2.41. The molecule has 0 aliphatic carbocycles. The first-order chi connectivity index (χ1) is 16.8. The van der Waals surface area contributed by atoms with Crippen molar-refractivity contribution in [1.29, 1.82) is 0 Å². The molecule has 0 atom stereocenters. The van der Waals surface area contributed by atoms with E-state index in [0.29, 0.717) is 50.8 Å². The van der Waals surface area contributed by atoms with E-state index < -0.39 is 0 Å². The number of methoxy groups -OCH3 is 3. The van der Waals surface area contributed by atoms with Crippen molar-refractivity contribution in [2.75, 3.05) is 26.6 Å². The number of ether oxygens (including phenoxy) is 3. The van der Waals surface area contributed by atoms with Gasteiger partial charge in [0.1, 0.15) is 0 Å². The van der Waals surface area contributed by atoms with Gasteiger partial charge >= 0.3 is 0 Å². The zero-order valence-corrected chi connectivity index (χ0v) is 20.3. The first kappa shape index (κ1) is 23.8. The van der Waals surface area contributed by atoms with Gasteiger partial charge in [0, 0.05) is 22.2 Å². The predicted octanol–water partition coefficient (Wildman–Crippen LogP) is 5.69. The summed E-state index contributed by atoms with van der Waals surface area (Å²) in [5.41, 5.74) is 4.47. The van der Waals surface area contributed by atoms with Crippen molar-refractivity contribution in [2.45, 2.75) is 13.8 Å². The number of benzene rings is 3. The number of fused-ring (bicyclic) bond motifs is 1. The Morgan fingerprint density at radius 1 is 0.857 bits per heavy atom. The molecular formula is C28H26N2O5. The Bertz CT molecular complexity index is 1420. The molecule has 0 unspecified atom stereocenters. The molecule has 7 heteroatoms. The van der Waals surface area contributed by atoms with E-state index in [1.807, 2.05) is 25.1 Å². The molecule has 0 saturated heterocycles. The van der Waals surface area contributed by atoms with Gasteiger partial charge < -0.3 is 19.5 Å². The average molecular weight is 471 g/mol. The van der Waals surface area contributed by atoms with E-state index in [-0.39, 0.29) is 11.7 Å². The Kier molecular flexibility index (Phi) is 6.68. The summed E-state index contributed by atoms with van der Waals surface area (Å²) < 4.78 is 16.4.